The third-order valence-corrected chi connectivity index (χ3v) is 3.93. The molecule has 3 heterocycles. The smallest absolute Gasteiger partial charge is 0.273 e. The van der Waals surface area contributed by atoms with Crippen molar-refractivity contribution in [3.05, 3.63) is 42.2 Å². The molecule has 0 spiro atoms. The molecule has 0 saturated carbocycles. The number of carbonyl (C=O) groups is 1. The van der Waals surface area contributed by atoms with Gasteiger partial charge in [-0.2, -0.15) is 5.26 Å². The maximum atomic E-state index is 12.2. The molecule has 2 aromatic heterocycles. The molecule has 8 nitrogen and oxygen atoms in total. The summed E-state index contributed by atoms with van der Waals surface area (Å²) < 4.78 is 5.10. The highest BCUT2D eigenvalue weighted by molar-refractivity contribution is 6.03. The predicted molar refractivity (Wildman–Crippen MR) is 90.0 cm³/mol. The van der Waals surface area contributed by atoms with Gasteiger partial charge in [-0.05, 0) is 23.8 Å². The zero-order chi connectivity index (χ0) is 17.9. The van der Waals surface area contributed by atoms with E-state index in [-0.39, 0.29) is 13.0 Å². The van der Waals surface area contributed by atoms with Gasteiger partial charge in [0.1, 0.15) is 17.7 Å². The topological polar surface area (TPSA) is 111 Å². The molecule has 1 aliphatic rings. The van der Waals surface area contributed by atoms with Gasteiger partial charge in [0.2, 0.25) is 5.60 Å². The number of pyridine rings is 2. The summed E-state index contributed by atoms with van der Waals surface area (Å²) in [7, 11) is 1.62. The molecule has 1 aliphatic heterocycles. The highest BCUT2D eigenvalue weighted by Crippen LogP contribution is 2.29. The minimum atomic E-state index is -1.95. The van der Waals surface area contributed by atoms with Gasteiger partial charge in [-0.1, -0.05) is 0 Å². The van der Waals surface area contributed by atoms with Crippen LogP contribution in [-0.2, 0) is 16.1 Å². The molecule has 1 amide bonds. The number of carbonyl (C=O) groups excluding carboxylic acids is 1. The van der Waals surface area contributed by atoms with E-state index >= 15 is 0 Å². The molecule has 128 valence electrons. The lowest BCUT2D eigenvalue weighted by atomic mass is 10.1. The first-order valence-corrected chi connectivity index (χ1v) is 7.68. The average Bonchev–Trinajstić information content (AvgIpc) is 2.92. The van der Waals surface area contributed by atoms with Crippen molar-refractivity contribution in [2.45, 2.75) is 18.6 Å². The lowest BCUT2D eigenvalue weighted by molar-refractivity contribution is -0.128. The first-order chi connectivity index (χ1) is 12.1. The molecule has 2 N–H and O–H groups in total. The van der Waals surface area contributed by atoms with Crippen LogP contribution in [0.5, 0.6) is 0 Å². The van der Waals surface area contributed by atoms with Crippen LogP contribution in [0.25, 0.3) is 0 Å². The molecule has 0 bridgehead atoms. The highest BCUT2D eigenvalue weighted by Gasteiger charge is 2.46. The molecule has 0 aromatic carbocycles. The SMILES string of the molecule is COCc1ccnc(Nc2cc(N3CC[C@](O)(C#N)C3=O)ccn2)c1. The Kier molecular flexibility index (Phi) is 4.61. The minimum absolute atomic E-state index is 0.0774. The van der Waals surface area contributed by atoms with Gasteiger partial charge in [0, 0.05) is 44.2 Å². The normalized spacial score (nSPS) is 19.7. The van der Waals surface area contributed by atoms with Crippen LogP contribution in [0.2, 0.25) is 0 Å². The molecule has 1 atom stereocenters. The molecule has 0 aliphatic carbocycles. The summed E-state index contributed by atoms with van der Waals surface area (Å²) in [5.74, 6) is 0.479. The van der Waals surface area contributed by atoms with Gasteiger partial charge in [0.15, 0.2) is 0 Å². The Balaban J connectivity index is 1.80. The van der Waals surface area contributed by atoms with Crippen LogP contribution in [0.4, 0.5) is 17.3 Å². The second kappa shape index (κ2) is 6.84. The monoisotopic (exact) mass is 339 g/mol. The maximum Gasteiger partial charge on any atom is 0.273 e. The number of ether oxygens (including phenoxy) is 1. The quantitative estimate of drug-likeness (QED) is 0.791. The Hall–Kier alpha value is -3.02. The Labute approximate surface area is 144 Å². The second-order valence-electron chi connectivity index (χ2n) is 5.69. The molecule has 1 saturated heterocycles. The summed E-state index contributed by atoms with van der Waals surface area (Å²) in [5.41, 5.74) is -0.431. The van der Waals surface area contributed by atoms with Crippen LogP contribution in [-0.4, -0.2) is 40.2 Å². The molecular weight excluding hydrogens is 322 g/mol. The zero-order valence-corrected chi connectivity index (χ0v) is 13.6. The fraction of sp³-hybridized carbons (Fsp3) is 0.294. The summed E-state index contributed by atoms with van der Waals surface area (Å²) in [6, 6.07) is 8.69. The summed E-state index contributed by atoms with van der Waals surface area (Å²) >= 11 is 0. The Morgan fingerprint density at radius 1 is 1.36 bits per heavy atom. The molecule has 8 heteroatoms. The number of hydrogen-bond acceptors (Lipinski definition) is 7. The zero-order valence-electron chi connectivity index (χ0n) is 13.6. The number of methoxy groups -OCH3 is 1. The van der Waals surface area contributed by atoms with Gasteiger partial charge >= 0.3 is 0 Å². The van der Waals surface area contributed by atoms with Crippen LogP contribution in [0.1, 0.15) is 12.0 Å². The summed E-state index contributed by atoms with van der Waals surface area (Å²) in [6.07, 6.45) is 3.29. The van der Waals surface area contributed by atoms with E-state index in [1.54, 1.807) is 37.7 Å². The van der Waals surface area contributed by atoms with E-state index in [1.165, 1.54) is 4.90 Å². The number of aromatic nitrogens is 2. The van der Waals surface area contributed by atoms with Crippen molar-refractivity contribution in [3.8, 4) is 6.07 Å². The molecule has 0 radical (unpaired) electrons. The number of nitriles is 1. The molecule has 1 fully saturated rings. The van der Waals surface area contributed by atoms with E-state index in [1.807, 2.05) is 12.1 Å². The van der Waals surface area contributed by atoms with Crippen molar-refractivity contribution < 1.29 is 14.6 Å². The van der Waals surface area contributed by atoms with Gasteiger partial charge in [-0.25, -0.2) is 9.97 Å². The van der Waals surface area contributed by atoms with Crippen LogP contribution in [0.3, 0.4) is 0 Å². The van der Waals surface area contributed by atoms with Crippen molar-refractivity contribution in [1.29, 1.82) is 5.26 Å². The molecular formula is C17H17N5O3. The number of nitrogens with one attached hydrogen (secondary N) is 1. The summed E-state index contributed by atoms with van der Waals surface area (Å²) in [4.78, 5) is 22.1. The minimum Gasteiger partial charge on any atom is -0.380 e. The Morgan fingerprint density at radius 2 is 2.08 bits per heavy atom. The van der Waals surface area contributed by atoms with E-state index < -0.39 is 11.5 Å². The van der Waals surface area contributed by atoms with E-state index in [2.05, 4.69) is 15.3 Å². The van der Waals surface area contributed by atoms with E-state index in [9.17, 15) is 9.90 Å². The lowest BCUT2D eigenvalue weighted by Crippen LogP contribution is -2.38. The number of hydrogen-bond donors (Lipinski definition) is 2. The number of nitrogens with zero attached hydrogens (tertiary/aromatic N) is 4. The van der Waals surface area contributed by atoms with Crippen molar-refractivity contribution in [2.75, 3.05) is 23.9 Å². The Bertz CT molecular complexity index is 835. The summed E-state index contributed by atoms with van der Waals surface area (Å²) in [6.45, 7) is 0.744. The van der Waals surface area contributed by atoms with E-state index in [0.717, 1.165) is 5.56 Å². The Morgan fingerprint density at radius 3 is 2.76 bits per heavy atom. The van der Waals surface area contributed by atoms with Gasteiger partial charge in [0.25, 0.3) is 5.91 Å². The van der Waals surface area contributed by atoms with E-state index in [4.69, 9.17) is 10.00 Å². The van der Waals surface area contributed by atoms with Crippen LogP contribution < -0.4 is 10.2 Å². The van der Waals surface area contributed by atoms with Gasteiger partial charge in [0.05, 0.1) is 6.61 Å². The number of anilines is 3. The highest BCUT2D eigenvalue weighted by atomic mass is 16.5. The largest absolute Gasteiger partial charge is 0.380 e. The van der Waals surface area contributed by atoms with Gasteiger partial charge in [-0.3, -0.25) is 4.79 Å². The average molecular weight is 339 g/mol. The van der Waals surface area contributed by atoms with Crippen molar-refractivity contribution >= 4 is 23.2 Å². The number of aliphatic hydroxyl groups is 1. The van der Waals surface area contributed by atoms with Crippen molar-refractivity contribution in [2.24, 2.45) is 0 Å². The van der Waals surface area contributed by atoms with E-state index in [0.29, 0.717) is 23.9 Å². The van der Waals surface area contributed by atoms with Crippen LogP contribution in [0, 0.1) is 11.3 Å². The molecule has 0 unspecified atom stereocenters. The first-order valence-electron chi connectivity index (χ1n) is 7.68. The molecule has 3 rings (SSSR count). The van der Waals surface area contributed by atoms with Crippen LogP contribution in [0.15, 0.2) is 36.7 Å². The third-order valence-electron chi connectivity index (χ3n) is 3.93. The summed E-state index contributed by atoms with van der Waals surface area (Å²) in [5, 5.41) is 22.0. The van der Waals surface area contributed by atoms with Gasteiger partial charge < -0.3 is 20.1 Å². The molecule has 25 heavy (non-hydrogen) atoms. The first kappa shape index (κ1) is 16.8. The van der Waals surface area contributed by atoms with Crippen molar-refractivity contribution in [1.82, 2.24) is 9.97 Å². The standard InChI is InChI=1S/C17H17N5O3/c1-25-10-12-2-5-19-14(8-12)21-15-9-13(3-6-20-15)22-7-4-17(24,11-18)16(22)23/h2-3,5-6,8-9,24H,4,7,10H2,1H3,(H,19,20,21)/t17-/m0/s1. The fourth-order valence-electron chi connectivity index (χ4n) is 2.64. The number of amides is 1. The predicted octanol–water partition coefficient (Wildman–Crippen LogP) is 1.36. The third kappa shape index (κ3) is 3.42. The van der Waals surface area contributed by atoms with Gasteiger partial charge in [-0.15, -0.1) is 0 Å². The maximum absolute atomic E-state index is 12.2. The van der Waals surface area contributed by atoms with Crippen molar-refractivity contribution in [3.63, 3.8) is 0 Å². The molecule has 2 aromatic rings. The van der Waals surface area contributed by atoms with Crippen LogP contribution >= 0.6 is 0 Å². The lowest BCUT2D eigenvalue weighted by Gasteiger charge is -2.18. The number of rotatable bonds is 5. The second-order valence-corrected chi connectivity index (χ2v) is 5.69. The fourth-order valence-corrected chi connectivity index (χ4v) is 2.64.